The van der Waals surface area contributed by atoms with Gasteiger partial charge in [-0.3, -0.25) is 34.2 Å². The summed E-state index contributed by atoms with van der Waals surface area (Å²) in [5.74, 6) is -0.597. The Bertz CT molecular complexity index is 2520. The summed E-state index contributed by atoms with van der Waals surface area (Å²) in [5, 5.41) is 6.72. The van der Waals surface area contributed by atoms with Crippen molar-refractivity contribution in [3.05, 3.63) is 99.0 Å². The van der Waals surface area contributed by atoms with Crippen LogP contribution >= 0.6 is 0 Å². The van der Waals surface area contributed by atoms with Crippen LogP contribution in [0.4, 0.5) is 17.1 Å². The summed E-state index contributed by atoms with van der Waals surface area (Å²) < 4.78 is 0. The number of fused-ring (bicyclic) bond motifs is 5. The van der Waals surface area contributed by atoms with Gasteiger partial charge < -0.3 is 25.0 Å². The van der Waals surface area contributed by atoms with Gasteiger partial charge in [0.05, 0.1) is 12.1 Å². The highest BCUT2D eigenvalue weighted by Crippen LogP contribution is 2.46. The number of benzene rings is 3. The van der Waals surface area contributed by atoms with Crippen LogP contribution in [-0.2, 0) is 32.8 Å². The van der Waals surface area contributed by atoms with Gasteiger partial charge >= 0.3 is 0 Å². The molecule has 4 aliphatic heterocycles. The van der Waals surface area contributed by atoms with E-state index >= 15 is 0 Å². The molecule has 1 aromatic heterocycles. The number of piperidine rings is 2. The number of amides is 4. The van der Waals surface area contributed by atoms with E-state index in [1.165, 1.54) is 11.3 Å². The van der Waals surface area contributed by atoms with Crippen LogP contribution < -0.4 is 15.5 Å². The van der Waals surface area contributed by atoms with Crippen LogP contribution in [0.5, 0.6) is 0 Å². The van der Waals surface area contributed by atoms with Gasteiger partial charge in [0.1, 0.15) is 6.04 Å². The van der Waals surface area contributed by atoms with Crippen molar-refractivity contribution < 1.29 is 24.0 Å². The van der Waals surface area contributed by atoms with Crippen molar-refractivity contribution in [3.8, 4) is 0 Å². The molecule has 3 aromatic carbocycles. The van der Waals surface area contributed by atoms with Gasteiger partial charge in [-0.25, -0.2) is 4.85 Å². The molecular weight excluding hydrogens is 781 g/mol. The summed E-state index contributed by atoms with van der Waals surface area (Å²) in [7, 11) is 0. The number of unbranched alkanes of at least 4 members (excludes halogenated alkanes) is 2. The highest BCUT2D eigenvalue weighted by molar-refractivity contribution is 6.20. The lowest BCUT2D eigenvalue weighted by Crippen LogP contribution is -2.54. The standard InChI is InChI=1S/C49H56N8O5/c1-5-30-26-35-37(49(2,3)46-44(45(35)60)34-14-13-31(50-4)27-39(34)52-46)28-41(30)55-20-17-32(18-21-55)54-22-24-56(25-23-54)43(59)12-7-6-8-19-51-38-11-9-10-33-36(38)29-57(48(33)62)40-15-16-42(58)53-47(40)61/h9-11,13-14,26-28,32,40,51-52H,5-8,12,15-25,29H2,1-3H3,(H,53,58,61). The number of nitrogens with one attached hydrogen (secondary N) is 3. The fourth-order valence-electron chi connectivity index (χ4n) is 10.7. The second-order valence-electron chi connectivity index (χ2n) is 18.2. The Balaban J connectivity index is 0.728. The zero-order valence-corrected chi connectivity index (χ0v) is 36.1. The molecule has 322 valence electrons. The van der Waals surface area contributed by atoms with Gasteiger partial charge in [0.15, 0.2) is 11.5 Å². The zero-order chi connectivity index (χ0) is 43.3. The molecule has 1 atom stereocenters. The van der Waals surface area contributed by atoms with Crippen molar-refractivity contribution in [1.29, 1.82) is 0 Å². The number of aromatic amines is 1. The lowest BCUT2D eigenvalue weighted by molar-refractivity contribution is -0.137. The molecule has 3 saturated heterocycles. The number of carbonyl (C=O) groups excluding carboxylic acids is 5. The molecule has 13 heteroatoms. The fraction of sp³-hybridized carbons (Fsp3) is 0.469. The van der Waals surface area contributed by atoms with Crippen LogP contribution in [0.25, 0.3) is 15.7 Å². The van der Waals surface area contributed by atoms with Gasteiger partial charge in [0.2, 0.25) is 17.7 Å². The maximum atomic E-state index is 14.1. The van der Waals surface area contributed by atoms with E-state index in [4.69, 9.17) is 6.57 Å². The number of H-pyrrole nitrogens is 1. The molecule has 9 rings (SSSR count). The predicted octanol–water partition coefficient (Wildman–Crippen LogP) is 6.70. The molecule has 3 N–H and O–H groups in total. The van der Waals surface area contributed by atoms with Crippen LogP contribution in [0, 0.1) is 6.57 Å². The second-order valence-corrected chi connectivity index (χ2v) is 18.2. The van der Waals surface area contributed by atoms with Crippen LogP contribution in [0.2, 0.25) is 0 Å². The average molecular weight is 837 g/mol. The number of aromatic nitrogens is 1. The fourth-order valence-corrected chi connectivity index (χ4v) is 10.7. The van der Waals surface area contributed by atoms with Gasteiger partial charge in [-0.15, -0.1) is 0 Å². The van der Waals surface area contributed by atoms with E-state index in [0.717, 1.165) is 129 Å². The molecule has 4 amide bonds. The Kier molecular flexibility index (Phi) is 11.1. The first kappa shape index (κ1) is 41.4. The zero-order valence-electron chi connectivity index (χ0n) is 36.1. The van der Waals surface area contributed by atoms with Crippen molar-refractivity contribution in [2.45, 2.75) is 103 Å². The third-order valence-corrected chi connectivity index (χ3v) is 14.2. The van der Waals surface area contributed by atoms with E-state index < -0.39 is 17.4 Å². The minimum atomic E-state index is -0.635. The maximum Gasteiger partial charge on any atom is 0.255 e. The topological polar surface area (TPSA) is 143 Å². The number of rotatable bonds is 11. The van der Waals surface area contributed by atoms with Crippen molar-refractivity contribution in [2.75, 3.05) is 56.0 Å². The summed E-state index contributed by atoms with van der Waals surface area (Å²) in [6.45, 7) is 20.3. The van der Waals surface area contributed by atoms with Crippen LogP contribution in [0.1, 0.15) is 121 Å². The third kappa shape index (κ3) is 7.42. The van der Waals surface area contributed by atoms with E-state index in [0.29, 0.717) is 36.7 Å². The Hall–Kier alpha value is -6.00. The maximum absolute atomic E-state index is 14.1. The number of carbonyl (C=O) groups is 5. The molecule has 0 radical (unpaired) electrons. The molecule has 5 aliphatic rings. The summed E-state index contributed by atoms with van der Waals surface area (Å²) in [6.07, 6.45) is 6.70. The number of nitrogens with zero attached hydrogens (tertiary/aromatic N) is 5. The largest absolute Gasteiger partial charge is 0.385 e. The first-order chi connectivity index (χ1) is 30.0. The quantitative estimate of drug-likeness (QED) is 0.0862. The summed E-state index contributed by atoms with van der Waals surface area (Å²) in [4.78, 5) is 80.5. The molecule has 3 fully saturated rings. The van der Waals surface area contributed by atoms with Gasteiger partial charge in [-0.05, 0) is 80.0 Å². The average Bonchev–Trinajstić information content (AvgIpc) is 3.85. The Labute approximate surface area is 363 Å². The van der Waals surface area contributed by atoms with Crippen molar-refractivity contribution in [2.24, 2.45) is 0 Å². The Morgan fingerprint density at radius 1 is 0.919 bits per heavy atom. The van der Waals surface area contributed by atoms with Crippen LogP contribution in [0.15, 0.2) is 48.5 Å². The second kappa shape index (κ2) is 16.7. The molecule has 13 nitrogen and oxygen atoms in total. The summed E-state index contributed by atoms with van der Waals surface area (Å²) >= 11 is 0. The first-order valence-corrected chi connectivity index (χ1v) is 22.5. The van der Waals surface area contributed by atoms with E-state index in [-0.39, 0.29) is 29.9 Å². The Morgan fingerprint density at radius 3 is 2.45 bits per heavy atom. The molecule has 1 aliphatic carbocycles. The molecule has 62 heavy (non-hydrogen) atoms. The molecule has 0 spiro atoms. The molecule has 5 heterocycles. The molecule has 1 unspecified atom stereocenters. The molecular formula is C49H56N8O5. The van der Waals surface area contributed by atoms with Crippen molar-refractivity contribution in [1.82, 2.24) is 25.0 Å². The number of hydrogen-bond acceptors (Lipinski definition) is 8. The molecule has 0 saturated carbocycles. The number of anilines is 2. The smallest absolute Gasteiger partial charge is 0.255 e. The van der Waals surface area contributed by atoms with E-state index in [9.17, 15) is 24.0 Å². The first-order valence-electron chi connectivity index (χ1n) is 22.5. The minimum Gasteiger partial charge on any atom is -0.385 e. The Morgan fingerprint density at radius 2 is 1.71 bits per heavy atom. The normalized spacial score (nSPS) is 20.2. The summed E-state index contributed by atoms with van der Waals surface area (Å²) in [6, 6.07) is 15.4. The third-order valence-electron chi connectivity index (χ3n) is 14.2. The van der Waals surface area contributed by atoms with Gasteiger partial charge in [0, 0.05) is 121 Å². The molecule has 4 aromatic rings. The van der Waals surface area contributed by atoms with Gasteiger partial charge in [0.25, 0.3) is 5.91 Å². The SMILES string of the molecule is [C-]#[N+]c1ccc2c3c([nH]c2c1)C(C)(C)c1cc(N2CCC(N4CCN(C(=O)CCCCCNc5cccc6c5CN(C5CCC(=O)NC5=O)C6=O)CC4)CC2)c(CC)cc1C3=O. The lowest BCUT2D eigenvalue weighted by atomic mass is 9.70. The minimum absolute atomic E-state index is 0.0527. The number of ketones is 1. The summed E-state index contributed by atoms with van der Waals surface area (Å²) in [5.41, 5.74) is 9.25. The van der Waals surface area contributed by atoms with Crippen LogP contribution in [-0.4, -0.2) is 107 Å². The number of hydrogen-bond donors (Lipinski definition) is 3. The van der Waals surface area contributed by atoms with Gasteiger partial charge in [-0.1, -0.05) is 45.4 Å². The van der Waals surface area contributed by atoms with E-state index in [1.807, 2.05) is 29.2 Å². The predicted molar refractivity (Wildman–Crippen MR) is 239 cm³/mol. The molecule has 0 bridgehead atoms. The van der Waals surface area contributed by atoms with Gasteiger partial charge in [-0.2, -0.15) is 0 Å². The van der Waals surface area contributed by atoms with Crippen LogP contribution in [0.3, 0.4) is 0 Å². The highest BCUT2D eigenvalue weighted by atomic mass is 16.2. The highest BCUT2D eigenvalue weighted by Gasteiger charge is 2.42. The number of imide groups is 1. The monoisotopic (exact) mass is 836 g/mol. The number of piperazine rings is 1. The van der Waals surface area contributed by atoms with Crippen molar-refractivity contribution in [3.63, 3.8) is 0 Å². The van der Waals surface area contributed by atoms with E-state index in [1.54, 1.807) is 17.0 Å². The lowest BCUT2D eigenvalue weighted by Gasteiger charge is -2.44. The van der Waals surface area contributed by atoms with E-state index in [2.05, 4.69) is 63.2 Å². The van der Waals surface area contributed by atoms with Crippen molar-refractivity contribution >= 4 is 57.4 Å². The number of aryl methyl sites for hydroxylation is 1.